The smallest absolute Gasteiger partial charge is 0.326 e. The molecule has 124 valence electrons. The Bertz CT molecular complexity index is 494. The van der Waals surface area contributed by atoms with Gasteiger partial charge >= 0.3 is 5.97 Å². The number of rotatable bonds is 5. The van der Waals surface area contributed by atoms with Crippen molar-refractivity contribution in [2.75, 3.05) is 11.9 Å². The van der Waals surface area contributed by atoms with Crippen LogP contribution in [0.5, 0.6) is 0 Å². The molecule has 6 nitrogen and oxygen atoms in total. The molecule has 0 aliphatic rings. The van der Waals surface area contributed by atoms with E-state index < -0.39 is 23.7 Å². The maximum Gasteiger partial charge on any atom is 0.326 e. The van der Waals surface area contributed by atoms with Gasteiger partial charge in [0.2, 0.25) is 0 Å². The number of aliphatic hydroxyl groups excluding tert-OH is 1. The number of carbonyl (C=O) groups excluding carboxylic acids is 1. The third-order valence-electron chi connectivity index (χ3n) is 3.27. The highest BCUT2D eigenvalue weighted by Gasteiger charge is 2.29. The van der Waals surface area contributed by atoms with E-state index in [2.05, 4.69) is 18.8 Å². The minimum absolute atomic E-state index is 0.312. The number of aromatic nitrogens is 1. The summed E-state index contributed by atoms with van der Waals surface area (Å²) in [4.78, 5) is 18.2. The minimum atomic E-state index is -1.15. The summed E-state index contributed by atoms with van der Waals surface area (Å²) in [6.45, 7) is 9.37. The molecule has 0 amide bonds. The van der Waals surface area contributed by atoms with Crippen LogP contribution in [0.1, 0.15) is 46.3 Å². The summed E-state index contributed by atoms with van der Waals surface area (Å²) in [5.74, 6) is 0.153. The largest absolute Gasteiger partial charge is 0.459 e. The van der Waals surface area contributed by atoms with Crippen molar-refractivity contribution in [2.45, 2.75) is 58.4 Å². The third kappa shape index (κ3) is 4.96. The quantitative estimate of drug-likeness (QED) is 0.804. The monoisotopic (exact) mass is 309 g/mol. The molecule has 0 fully saturated rings. The first-order chi connectivity index (χ1) is 10.0. The predicted octanol–water partition coefficient (Wildman–Crippen LogP) is 1.63. The molecule has 0 aliphatic heterocycles. The van der Waals surface area contributed by atoms with Crippen LogP contribution in [-0.2, 0) is 9.53 Å². The lowest BCUT2D eigenvalue weighted by Gasteiger charge is -2.25. The number of ether oxygens (including phenoxy) is 1. The van der Waals surface area contributed by atoms with Crippen LogP contribution < -0.4 is 10.6 Å². The molecule has 1 rings (SSSR count). The molecular formula is C16H27N3O3. The lowest BCUT2D eigenvalue weighted by Crippen LogP contribution is -2.41. The maximum atomic E-state index is 11.9. The van der Waals surface area contributed by atoms with Crippen molar-refractivity contribution in [1.29, 1.82) is 0 Å². The lowest BCUT2D eigenvalue weighted by molar-refractivity contribution is -0.159. The fraction of sp³-hybridized carbons (Fsp3) is 0.625. The first kappa shape index (κ1) is 18.4. The summed E-state index contributed by atoms with van der Waals surface area (Å²) in [6.07, 6.45) is 0.379. The number of hydrogen-bond donors (Lipinski definition) is 2. The zero-order valence-electron chi connectivity index (χ0n) is 14.2. The maximum absolute atomic E-state index is 11.9. The fourth-order valence-corrected chi connectivity index (χ4v) is 1.75. The number of nitrogens with two attached hydrogens (primary N) is 1. The second-order valence-electron chi connectivity index (χ2n) is 6.66. The van der Waals surface area contributed by atoms with Crippen LogP contribution in [0.3, 0.4) is 0 Å². The molecule has 2 atom stereocenters. The standard InChI is InChI=1S/C16H27N3O3/c1-10(2)19(6)12-8-7-11(9-18-12)14(20)13(17)15(21)22-16(3,4)5/h7-10,13-14,20H,17H2,1-6H3/t13-,14-/m1/s1. The fourth-order valence-electron chi connectivity index (χ4n) is 1.75. The molecule has 0 unspecified atom stereocenters. The van der Waals surface area contributed by atoms with Crippen LogP contribution in [0.4, 0.5) is 5.82 Å². The molecule has 0 radical (unpaired) electrons. The topological polar surface area (TPSA) is 88.7 Å². The van der Waals surface area contributed by atoms with Crippen LogP contribution in [0.15, 0.2) is 18.3 Å². The Labute approximate surface area is 132 Å². The molecule has 0 saturated heterocycles. The van der Waals surface area contributed by atoms with Crippen molar-refractivity contribution in [3.8, 4) is 0 Å². The first-order valence-electron chi connectivity index (χ1n) is 7.38. The molecule has 1 aromatic rings. The van der Waals surface area contributed by atoms with Crippen molar-refractivity contribution in [3.63, 3.8) is 0 Å². The Morgan fingerprint density at radius 2 is 1.95 bits per heavy atom. The van der Waals surface area contributed by atoms with Crippen LogP contribution >= 0.6 is 0 Å². The van der Waals surface area contributed by atoms with Crippen LogP contribution in [0.25, 0.3) is 0 Å². The zero-order valence-corrected chi connectivity index (χ0v) is 14.2. The van der Waals surface area contributed by atoms with Gasteiger partial charge in [0, 0.05) is 24.8 Å². The van der Waals surface area contributed by atoms with Gasteiger partial charge in [-0.25, -0.2) is 4.98 Å². The Kier molecular flexibility index (Phi) is 5.91. The molecule has 0 aliphatic carbocycles. The Morgan fingerprint density at radius 3 is 2.36 bits per heavy atom. The molecule has 1 aromatic heterocycles. The molecular weight excluding hydrogens is 282 g/mol. The second kappa shape index (κ2) is 7.07. The minimum Gasteiger partial charge on any atom is -0.459 e. The highest BCUT2D eigenvalue weighted by Crippen LogP contribution is 2.20. The summed E-state index contributed by atoms with van der Waals surface area (Å²) < 4.78 is 5.18. The normalized spacial score (nSPS) is 14.6. The first-order valence-corrected chi connectivity index (χ1v) is 7.38. The Hall–Kier alpha value is -1.66. The van der Waals surface area contributed by atoms with E-state index in [0.717, 1.165) is 5.82 Å². The van der Waals surface area contributed by atoms with Crippen LogP contribution in [-0.4, -0.2) is 40.8 Å². The van der Waals surface area contributed by atoms with E-state index in [0.29, 0.717) is 11.6 Å². The van der Waals surface area contributed by atoms with Gasteiger partial charge in [0.25, 0.3) is 0 Å². The molecule has 1 heterocycles. The van der Waals surface area contributed by atoms with Crippen molar-refractivity contribution in [2.24, 2.45) is 5.73 Å². The van der Waals surface area contributed by atoms with E-state index in [1.54, 1.807) is 32.9 Å². The third-order valence-corrected chi connectivity index (χ3v) is 3.27. The number of pyridine rings is 1. The summed E-state index contributed by atoms with van der Waals surface area (Å²) in [5, 5.41) is 10.2. The molecule has 22 heavy (non-hydrogen) atoms. The van der Waals surface area contributed by atoms with Crippen molar-refractivity contribution in [3.05, 3.63) is 23.9 Å². The van der Waals surface area contributed by atoms with Gasteiger partial charge in [0.05, 0.1) is 0 Å². The number of carbonyl (C=O) groups is 1. The number of anilines is 1. The van der Waals surface area contributed by atoms with Gasteiger partial charge < -0.3 is 20.5 Å². The predicted molar refractivity (Wildman–Crippen MR) is 86.6 cm³/mol. The molecule has 6 heteroatoms. The van der Waals surface area contributed by atoms with E-state index in [9.17, 15) is 9.90 Å². The second-order valence-corrected chi connectivity index (χ2v) is 6.66. The average molecular weight is 309 g/mol. The van der Waals surface area contributed by atoms with Gasteiger partial charge in [-0.1, -0.05) is 6.07 Å². The molecule has 0 spiro atoms. The van der Waals surface area contributed by atoms with Crippen molar-refractivity contribution >= 4 is 11.8 Å². The van der Waals surface area contributed by atoms with Gasteiger partial charge in [0.15, 0.2) is 0 Å². The van der Waals surface area contributed by atoms with Gasteiger partial charge in [-0.05, 0) is 40.7 Å². The molecule has 0 saturated carbocycles. The van der Waals surface area contributed by atoms with Gasteiger partial charge in [-0.15, -0.1) is 0 Å². The molecule has 3 N–H and O–H groups in total. The van der Waals surface area contributed by atoms with Crippen molar-refractivity contribution < 1.29 is 14.6 Å². The molecule has 0 aromatic carbocycles. The Morgan fingerprint density at radius 1 is 1.36 bits per heavy atom. The van der Waals surface area contributed by atoms with E-state index in [-0.39, 0.29) is 0 Å². The highest BCUT2D eigenvalue weighted by atomic mass is 16.6. The van der Waals surface area contributed by atoms with E-state index in [1.807, 2.05) is 11.9 Å². The van der Waals surface area contributed by atoms with Gasteiger partial charge in [0.1, 0.15) is 23.6 Å². The van der Waals surface area contributed by atoms with E-state index >= 15 is 0 Å². The average Bonchev–Trinajstić information content (AvgIpc) is 2.43. The van der Waals surface area contributed by atoms with E-state index in [4.69, 9.17) is 10.5 Å². The number of nitrogens with zero attached hydrogens (tertiary/aromatic N) is 2. The number of aliphatic hydroxyl groups is 1. The summed E-state index contributed by atoms with van der Waals surface area (Å²) in [7, 11) is 1.94. The van der Waals surface area contributed by atoms with Crippen LogP contribution in [0.2, 0.25) is 0 Å². The van der Waals surface area contributed by atoms with Gasteiger partial charge in [-0.3, -0.25) is 4.79 Å². The summed E-state index contributed by atoms with van der Waals surface area (Å²) in [6, 6.07) is 2.68. The van der Waals surface area contributed by atoms with Gasteiger partial charge in [-0.2, -0.15) is 0 Å². The SMILES string of the molecule is CC(C)N(C)c1ccc([C@@H](O)[C@@H](N)C(=O)OC(C)(C)C)cn1. The summed E-state index contributed by atoms with van der Waals surface area (Å²) >= 11 is 0. The number of esters is 1. The van der Waals surface area contributed by atoms with E-state index in [1.165, 1.54) is 6.20 Å². The summed E-state index contributed by atoms with van der Waals surface area (Å²) in [5.41, 5.74) is 5.63. The highest BCUT2D eigenvalue weighted by molar-refractivity contribution is 5.77. The van der Waals surface area contributed by atoms with Crippen molar-refractivity contribution in [1.82, 2.24) is 4.98 Å². The lowest BCUT2D eigenvalue weighted by atomic mass is 10.0. The van der Waals surface area contributed by atoms with Crippen LogP contribution in [0, 0.1) is 0 Å². The molecule has 0 bridgehead atoms. The zero-order chi connectivity index (χ0) is 17.1. The Balaban J connectivity index is 2.81. The number of hydrogen-bond acceptors (Lipinski definition) is 6.